The fourth-order valence-corrected chi connectivity index (χ4v) is 3.38. The van der Waals surface area contributed by atoms with Crippen LogP contribution in [0, 0.1) is 6.92 Å². The first-order valence-corrected chi connectivity index (χ1v) is 8.67. The summed E-state index contributed by atoms with van der Waals surface area (Å²) in [6.07, 6.45) is 1.26. The highest BCUT2D eigenvalue weighted by atomic mass is 16.3. The Bertz CT molecular complexity index is 1220. The van der Waals surface area contributed by atoms with Gasteiger partial charge in [-0.2, -0.15) is 0 Å². The van der Waals surface area contributed by atoms with Gasteiger partial charge in [-0.1, -0.05) is 12.1 Å². The molecule has 0 saturated carbocycles. The Hall–Kier alpha value is -3.42. The first-order chi connectivity index (χ1) is 13.0. The zero-order chi connectivity index (χ0) is 19.1. The number of furan rings is 1. The van der Waals surface area contributed by atoms with Crippen LogP contribution in [0.15, 0.2) is 39.8 Å². The number of hydrogen-bond donors (Lipinski definition) is 1. The van der Waals surface area contributed by atoms with Gasteiger partial charge in [-0.05, 0) is 26.0 Å². The van der Waals surface area contributed by atoms with Gasteiger partial charge >= 0.3 is 0 Å². The Morgan fingerprint density at radius 1 is 1.33 bits per heavy atom. The van der Waals surface area contributed by atoms with Crippen LogP contribution in [0.25, 0.3) is 22.1 Å². The third-order valence-corrected chi connectivity index (χ3v) is 4.66. The number of nitrogens with one attached hydrogen (secondary N) is 1. The normalized spacial score (nSPS) is 11.4. The molecular weight excluding hydrogens is 346 g/mol. The first-order valence-electron chi connectivity index (χ1n) is 8.67. The maximum Gasteiger partial charge on any atom is 0.262 e. The monoisotopic (exact) mass is 365 g/mol. The number of H-pyrrole nitrogens is 1. The van der Waals surface area contributed by atoms with Crippen LogP contribution < -0.4 is 5.56 Å². The molecule has 0 atom stereocenters. The van der Waals surface area contributed by atoms with Crippen molar-refractivity contribution in [2.24, 2.45) is 0 Å². The number of hydrogen-bond acceptors (Lipinski definition) is 5. The van der Waals surface area contributed by atoms with Crippen LogP contribution >= 0.6 is 0 Å². The van der Waals surface area contributed by atoms with Gasteiger partial charge in [0.1, 0.15) is 17.0 Å². The number of carbonyl (C=O) groups is 1. The van der Waals surface area contributed by atoms with Gasteiger partial charge in [-0.3, -0.25) is 9.59 Å². The summed E-state index contributed by atoms with van der Waals surface area (Å²) < 4.78 is 7.57. The van der Waals surface area contributed by atoms with Gasteiger partial charge in [0.2, 0.25) is 5.71 Å². The Balaban J connectivity index is 1.72. The summed E-state index contributed by atoms with van der Waals surface area (Å²) in [6.45, 7) is 4.75. The van der Waals surface area contributed by atoms with E-state index in [9.17, 15) is 9.59 Å². The van der Waals surface area contributed by atoms with E-state index < -0.39 is 5.56 Å². The van der Waals surface area contributed by atoms with E-state index in [2.05, 4.69) is 19.5 Å². The molecular formula is C19H19N5O3. The van der Waals surface area contributed by atoms with E-state index in [1.807, 2.05) is 31.2 Å². The highest BCUT2D eigenvalue weighted by molar-refractivity contribution is 6.06. The standard InChI is InChI=1S/C19H19N5O3/c1-4-24-13-8-6-5-7-12(13)22-14(24)9-23(3)19(26)15-11(2)27-18-16(15)17(25)20-10-21-18/h5-8,10H,4,9H2,1-3H3,(H,20,21,25). The predicted octanol–water partition coefficient (Wildman–Crippen LogP) is 2.47. The summed E-state index contributed by atoms with van der Waals surface area (Å²) in [7, 11) is 1.69. The summed E-state index contributed by atoms with van der Waals surface area (Å²) in [5, 5.41) is 0.177. The van der Waals surface area contributed by atoms with Crippen molar-refractivity contribution in [1.29, 1.82) is 0 Å². The Kier molecular flexibility index (Phi) is 4.02. The number of benzene rings is 1. The second-order valence-corrected chi connectivity index (χ2v) is 6.37. The molecule has 3 aromatic heterocycles. The number of rotatable bonds is 4. The van der Waals surface area contributed by atoms with Gasteiger partial charge in [-0.15, -0.1) is 0 Å². The van der Waals surface area contributed by atoms with Crippen LogP contribution in [0.1, 0.15) is 28.9 Å². The minimum absolute atomic E-state index is 0.161. The Morgan fingerprint density at radius 2 is 2.11 bits per heavy atom. The molecule has 0 aliphatic rings. The van der Waals surface area contributed by atoms with Crippen molar-refractivity contribution in [1.82, 2.24) is 24.4 Å². The molecule has 1 N–H and O–H groups in total. The fraction of sp³-hybridized carbons (Fsp3) is 0.263. The van der Waals surface area contributed by atoms with Gasteiger partial charge in [-0.25, -0.2) is 9.97 Å². The van der Waals surface area contributed by atoms with Gasteiger partial charge in [0.05, 0.1) is 29.5 Å². The third kappa shape index (κ3) is 2.69. The van der Waals surface area contributed by atoms with Gasteiger partial charge < -0.3 is 18.9 Å². The van der Waals surface area contributed by atoms with Crippen LogP contribution in [-0.4, -0.2) is 37.4 Å². The number of fused-ring (bicyclic) bond motifs is 2. The zero-order valence-electron chi connectivity index (χ0n) is 15.3. The van der Waals surface area contributed by atoms with E-state index in [-0.39, 0.29) is 22.6 Å². The second-order valence-electron chi connectivity index (χ2n) is 6.37. The highest BCUT2D eigenvalue weighted by Crippen LogP contribution is 2.23. The third-order valence-electron chi connectivity index (χ3n) is 4.66. The lowest BCUT2D eigenvalue weighted by Gasteiger charge is -2.17. The van der Waals surface area contributed by atoms with Crippen LogP contribution in [0.4, 0.5) is 0 Å². The topological polar surface area (TPSA) is 97.0 Å². The maximum absolute atomic E-state index is 13.1. The van der Waals surface area contributed by atoms with E-state index >= 15 is 0 Å². The summed E-state index contributed by atoms with van der Waals surface area (Å²) in [5.74, 6) is 0.849. The van der Waals surface area contributed by atoms with E-state index in [0.717, 1.165) is 23.4 Å². The van der Waals surface area contributed by atoms with Crippen molar-refractivity contribution < 1.29 is 9.21 Å². The number of imidazole rings is 1. The van der Waals surface area contributed by atoms with Crippen LogP contribution in [-0.2, 0) is 13.1 Å². The van der Waals surface area contributed by atoms with Crippen molar-refractivity contribution in [2.75, 3.05) is 7.05 Å². The van der Waals surface area contributed by atoms with Crippen molar-refractivity contribution in [3.63, 3.8) is 0 Å². The molecule has 0 saturated heterocycles. The summed E-state index contributed by atoms with van der Waals surface area (Å²) in [4.78, 5) is 37.9. The molecule has 1 amide bonds. The minimum Gasteiger partial charge on any atom is -0.442 e. The Labute approximate surface area is 154 Å². The number of aryl methyl sites for hydroxylation is 2. The van der Waals surface area contributed by atoms with Crippen LogP contribution in [0.3, 0.4) is 0 Å². The number of nitrogens with zero attached hydrogens (tertiary/aromatic N) is 4. The largest absolute Gasteiger partial charge is 0.442 e. The highest BCUT2D eigenvalue weighted by Gasteiger charge is 2.25. The molecule has 0 fully saturated rings. The molecule has 4 rings (SSSR count). The average molecular weight is 365 g/mol. The smallest absolute Gasteiger partial charge is 0.262 e. The molecule has 4 aromatic rings. The van der Waals surface area contributed by atoms with E-state index in [0.29, 0.717) is 12.3 Å². The summed E-state index contributed by atoms with van der Waals surface area (Å²) in [5.41, 5.74) is 1.92. The van der Waals surface area contributed by atoms with Gasteiger partial charge in [0.25, 0.3) is 11.5 Å². The van der Waals surface area contributed by atoms with Gasteiger partial charge in [0, 0.05) is 13.6 Å². The summed E-state index contributed by atoms with van der Waals surface area (Å²) >= 11 is 0. The zero-order valence-corrected chi connectivity index (χ0v) is 15.3. The second kappa shape index (κ2) is 6.39. The molecule has 1 aromatic carbocycles. The van der Waals surface area contributed by atoms with Crippen molar-refractivity contribution >= 4 is 28.0 Å². The molecule has 0 unspecified atom stereocenters. The molecule has 8 nitrogen and oxygen atoms in total. The fourth-order valence-electron chi connectivity index (χ4n) is 3.38. The first kappa shape index (κ1) is 17.0. The van der Waals surface area contributed by atoms with Crippen LogP contribution in [0.2, 0.25) is 0 Å². The SMILES string of the molecule is CCn1c(CN(C)C(=O)c2c(C)oc3nc[nH]c(=O)c23)nc2ccccc21. The minimum atomic E-state index is -0.394. The number of amides is 1. The van der Waals surface area contributed by atoms with E-state index in [1.165, 1.54) is 11.2 Å². The number of aromatic nitrogens is 4. The van der Waals surface area contributed by atoms with Crippen molar-refractivity contribution in [3.8, 4) is 0 Å². The van der Waals surface area contributed by atoms with E-state index in [4.69, 9.17) is 4.42 Å². The molecule has 0 bridgehead atoms. The molecule has 138 valence electrons. The predicted molar refractivity (Wildman–Crippen MR) is 101 cm³/mol. The lowest BCUT2D eigenvalue weighted by molar-refractivity contribution is 0.0780. The van der Waals surface area contributed by atoms with Crippen molar-refractivity contribution in [3.05, 3.63) is 58.1 Å². The molecule has 0 spiro atoms. The van der Waals surface area contributed by atoms with E-state index in [1.54, 1.807) is 14.0 Å². The lowest BCUT2D eigenvalue weighted by atomic mass is 10.1. The molecule has 8 heteroatoms. The number of para-hydroxylation sites is 2. The van der Waals surface area contributed by atoms with Gasteiger partial charge in [0.15, 0.2) is 0 Å². The lowest BCUT2D eigenvalue weighted by Crippen LogP contribution is -2.29. The molecule has 27 heavy (non-hydrogen) atoms. The quantitative estimate of drug-likeness (QED) is 0.599. The molecule has 0 aliphatic carbocycles. The molecule has 0 radical (unpaired) electrons. The average Bonchev–Trinajstić information content (AvgIpc) is 3.18. The summed E-state index contributed by atoms with van der Waals surface area (Å²) in [6, 6.07) is 7.87. The Morgan fingerprint density at radius 3 is 2.89 bits per heavy atom. The number of carbonyl (C=O) groups excluding carboxylic acids is 1. The number of aromatic amines is 1. The maximum atomic E-state index is 13.1. The molecule has 3 heterocycles. The molecule has 0 aliphatic heterocycles. The van der Waals surface area contributed by atoms with Crippen LogP contribution in [0.5, 0.6) is 0 Å². The van der Waals surface area contributed by atoms with Crippen molar-refractivity contribution in [2.45, 2.75) is 26.9 Å².